The fourth-order valence-corrected chi connectivity index (χ4v) is 10.3. The Morgan fingerprint density at radius 2 is 1.58 bits per heavy atom. The van der Waals surface area contributed by atoms with E-state index in [0.717, 1.165) is 99.8 Å². The molecule has 62 heavy (non-hydrogen) atoms. The number of nitrogens with zero attached hydrogens (tertiary/aromatic N) is 2. The van der Waals surface area contributed by atoms with Gasteiger partial charge in [0.1, 0.15) is 18.1 Å². The van der Waals surface area contributed by atoms with Crippen LogP contribution in [0.2, 0.25) is 0 Å². The van der Waals surface area contributed by atoms with Crippen LogP contribution in [-0.4, -0.2) is 59.1 Å². The van der Waals surface area contributed by atoms with Gasteiger partial charge in [0, 0.05) is 71.9 Å². The number of allylic oxidation sites excluding steroid dienone is 7. The minimum atomic E-state index is -4.37. The third-order valence-corrected chi connectivity index (χ3v) is 14.0. The SMILES string of the molecule is CC1(C)C(=CC=C2CCCC(C=CC3=[N+](CCCCCCO)c4ccc5ccccc5c4C3(C)C)=C2Oc2ccc(S(=O)(=O)O)cc2)N(CCCCSOOO)c2ccccc21. The van der Waals surface area contributed by atoms with Crippen LogP contribution >= 0.6 is 12.0 Å². The largest absolute Gasteiger partial charge is 0.457 e. The van der Waals surface area contributed by atoms with Crippen molar-refractivity contribution in [2.45, 2.75) is 101 Å². The number of aliphatic hydroxyl groups is 1. The van der Waals surface area contributed by atoms with E-state index < -0.39 is 10.1 Å². The molecule has 3 aliphatic rings. The number of hydrogen-bond donors (Lipinski definition) is 3. The molecule has 0 saturated carbocycles. The Hall–Kier alpha value is -4.53. The van der Waals surface area contributed by atoms with Gasteiger partial charge < -0.3 is 14.7 Å². The van der Waals surface area contributed by atoms with Gasteiger partial charge in [0.05, 0.1) is 10.3 Å². The number of ether oxygens (including phenoxy) is 1. The highest BCUT2D eigenvalue weighted by atomic mass is 32.2. The Balaban J connectivity index is 1.30. The molecule has 0 amide bonds. The van der Waals surface area contributed by atoms with Gasteiger partial charge in [0.2, 0.25) is 5.69 Å². The molecule has 0 unspecified atom stereocenters. The molecule has 0 atom stereocenters. The van der Waals surface area contributed by atoms with Crippen LogP contribution in [0.15, 0.2) is 137 Å². The van der Waals surface area contributed by atoms with E-state index in [1.807, 2.05) is 0 Å². The van der Waals surface area contributed by atoms with Gasteiger partial charge in [-0.3, -0.25) is 4.55 Å². The highest BCUT2D eigenvalue weighted by Gasteiger charge is 2.45. The van der Waals surface area contributed by atoms with Gasteiger partial charge in [-0.05, 0) is 135 Å². The molecule has 0 aromatic heterocycles. The van der Waals surface area contributed by atoms with Crippen LogP contribution in [0, 0.1) is 0 Å². The van der Waals surface area contributed by atoms with Crippen molar-refractivity contribution in [1.82, 2.24) is 0 Å². The van der Waals surface area contributed by atoms with E-state index in [4.69, 9.17) is 9.99 Å². The summed E-state index contributed by atoms with van der Waals surface area (Å²) < 4.78 is 47.4. The van der Waals surface area contributed by atoms with Crippen molar-refractivity contribution in [3.63, 3.8) is 0 Å². The molecule has 2 heterocycles. The molecule has 0 spiro atoms. The van der Waals surface area contributed by atoms with Gasteiger partial charge >= 0.3 is 0 Å². The summed E-state index contributed by atoms with van der Waals surface area (Å²) in [5, 5.41) is 24.2. The molecule has 0 fully saturated rings. The van der Waals surface area contributed by atoms with Crippen LogP contribution in [-0.2, 0) is 30.3 Å². The molecule has 1 aliphatic carbocycles. The van der Waals surface area contributed by atoms with Crippen LogP contribution in [0.5, 0.6) is 5.75 Å². The van der Waals surface area contributed by atoms with Crippen molar-refractivity contribution >= 4 is 50.0 Å². The lowest BCUT2D eigenvalue weighted by atomic mass is 9.78. The van der Waals surface area contributed by atoms with Gasteiger partial charge in [0.25, 0.3) is 10.1 Å². The zero-order valence-electron chi connectivity index (χ0n) is 36.2. The second-order valence-corrected chi connectivity index (χ2v) is 19.5. The van der Waals surface area contributed by atoms with Gasteiger partial charge in [-0.2, -0.15) is 13.0 Å². The normalized spacial score (nSPS) is 18.5. The predicted molar refractivity (Wildman–Crippen MR) is 249 cm³/mol. The van der Waals surface area contributed by atoms with Crippen molar-refractivity contribution in [3.8, 4) is 5.75 Å². The van der Waals surface area contributed by atoms with E-state index in [-0.39, 0.29) is 22.3 Å². The summed E-state index contributed by atoms with van der Waals surface area (Å²) in [6.07, 6.45) is 17.0. The molecular formula is C50H59N2O8S2+. The van der Waals surface area contributed by atoms with Crippen LogP contribution in [0.25, 0.3) is 10.8 Å². The maximum atomic E-state index is 11.9. The Morgan fingerprint density at radius 3 is 2.35 bits per heavy atom. The van der Waals surface area contributed by atoms with Crippen LogP contribution in [0.3, 0.4) is 0 Å². The second-order valence-electron chi connectivity index (χ2n) is 17.3. The van der Waals surface area contributed by atoms with Crippen LogP contribution in [0.1, 0.15) is 96.6 Å². The molecule has 12 heteroatoms. The Labute approximate surface area is 370 Å². The van der Waals surface area contributed by atoms with E-state index in [2.05, 4.69) is 132 Å². The summed E-state index contributed by atoms with van der Waals surface area (Å²) in [5.41, 5.74) is 8.90. The Bertz CT molecular complexity index is 2520. The summed E-state index contributed by atoms with van der Waals surface area (Å²) in [5.74, 6) is 1.89. The lowest BCUT2D eigenvalue weighted by Crippen LogP contribution is -2.28. The maximum Gasteiger partial charge on any atom is 0.294 e. The van der Waals surface area contributed by atoms with Gasteiger partial charge in [0.15, 0.2) is 5.71 Å². The van der Waals surface area contributed by atoms with Gasteiger partial charge in [-0.15, -0.1) is 4.33 Å². The molecule has 0 radical (unpaired) electrons. The number of fused-ring (bicyclic) bond motifs is 4. The van der Waals surface area contributed by atoms with Crippen molar-refractivity contribution in [3.05, 3.63) is 143 Å². The minimum Gasteiger partial charge on any atom is -0.457 e. The van der Waals surface area contributed by atoms with E-state index in [9.17, 15) is 18.1 Å². The third-order valence-electron chi connectivity index (χ3n) is 12.5. The summed E-state index contributed by atoms with van der Waals surface area (Å²) in [6.45, 7) is 11.0. The number of para-hydroxylation sites is 1. The maximum absolute atomic E-state index is 11.9. The molecule has 0 saturated heterocycles. The number of anilines is 1. The van der Waals surface area contributed by atoms with E-state index in [1.165, 1.54) is 56.8 Å². The first-order chi connectivity index (χ1) is 29.9. The molecular weight excluding hydrogens is 821 g/mol. The monoisotopic (exact) mass is 879 g/mol. The Morgan fingerprint density at radius 1 is 0.823 bits per heavy atom. The average molecular weight is 880 g/mol. The standard InChI is InChI=1S/C50H58N2O8S2/c1-49(2)42-20-9-10-21-43(42)51(33-12-14-35-61-60-59-54)45(49)30-23-37-17-15-18-38(48(37)58-39-25-27-40(28-26-39)62(55,56)57)24-31-46-50(3,4)47-41-19-8-7-16-36(41)22-29-44(47)52(46)32-11-5-6-13-34-53/h7-10,16,19-31,53H,5-6,11-15,17-18,32-35H2,1-4H3,(H-,54,55,56,57)/p+1. The zero-order chi connectivity index (χ0) is 43.9. The summed E-state index contributed by atoms with van der Waals surface area (Å²) >= 11 is 1.08. The molecule has 4 aromatic rings. The lowest BCUT2D eigenvalue weighted by molar-refractivity contribution is -0.438. The molecule has 7 rings (SSSR count). The number of hydrogen-bond acceptors (Lipinski definition) is 9. The fourth-order valence-electron chi connectivity index (χ4n) is 9.39. The minimum absolute atomic E-state index is 0.192. The van der Waals surface area contributed by atoms with Gasteiger partial charge in [-0.1, -0.05) is 73.8 Å². The van der Waals surface area contributed by atoms with E-state index >= 15 is 0 Å². The number of benzene rings is 4. The van der Waals surface area contributed by atoms with E-state index in [0.29, 0.717) is 11.5 Å². The number of rotatable bonds is 19. The van der Waals surface area contributed by atoms with Gasteiger partial charge in [-0.25, -0.2) is 5.26 Å². The van der Waals surface area contributed by atoms with Crippen molar-refractivity contribution in [1.29, 1.82) is 0 Å². The molecule has 2 aliphatic heterocycles. The van der Waals surface area contributed by atoms with Crippen molar-refractivity contribution in [2.24, 2.45) is 0 Å². The molecule has 10 nitrogen and oxygen atoms in total. The average Bonchev–Trinajstić information content (AvgIpc) is 3.61. The molecule has 0 bridgehead atoms. The van der Waals surface area contributed by atoms with E-state index in [1.54, 1.807) is 12.1 Å². The molecule has 3 N–H and O–H groups in total. The van der Waals surface area contributed by atoms with Crippen LogP contribution in [0.4, 0.5) is 11.4 Å². The first kappa shape index (κ1) is 45.5. The second kappa shape index (κ2) is 19.9. The van der Waals surface area contributed by atoms with Crippen molar-refractivity contribution < 1.29 is 42.0 Å². The quantitative estimate of drug-likeness (QED) is 0.0209. The lowest BCUT2D eigenvalue weighted by Gasteiger charge is -2.27. The fraction of sp³-hybridized carbons (Fsp3) is 0.380. The predicted octanol–water partition coefficient (Wildman–Crippen LogP) is 11.5. The number of unbranched alkanes of at least 4 members (excludes halogenated alkanes) is 4. The molecule has 4 aromatic carbocycles. The molecule has 328 valence electrons. The number of aliphatic hydroxyl groups excluding tert-OH is 1. The third kappa shape index (κ3) is 9.82. The Kier molecular flexibility index (Phi) is 14.6. The van der Waals surface area contributed by atoms with Crippen molar-refractivity contribution in [2.75, 3.05) is 30.3 Å². The van der Waals surface area contributed by atoms with Crippen LogP contribution < -0.4 is 9.64 Å². The highest BCUT2D eigenvalue weighted by Crippen LogP contribution is 2.48. The topological polar surface area (TPSA) is 129 Å². The summed E-state index contributed by atoms with van der Waals surface area (Å²) in [6, 6.07) is 27.6. The zero-order valence-corrected chi connectivity index (χ0v) is 37.8. The summed E-state index contributed by atoms with van der Waals surface area (Å²) in [4.78, 5) is 2.21. The summed E-state index contributed by atoms with van der Waals surface area (Å²) in [7, 11) is -4.37. The smallest absolute Gasteiger partial charge is 0.294 e. The first-order valence-electron chi connectivity index (χ1n) is 21.7. The first-order valence-corrected chi connectivity index (χ1v) is 24.0. The highest BCUT2D eigenvalue weighted by molar-refractivity contribution is 7.94.